The molecule has 0 aliphatic heterocycles. The van der Waals surface area contributed by atoms with Crippen molar-refractivity contribution in [3.05, 3.63) is 4.88 Å². The Kier molecular flexibility index (Phi) is 5.77. The Bertz CT molecular complexity index is 421. The van der Waals surface area contributed by atoms with Gasteiger partial charge in [-0.15, -0.1) is 23.1 Å². The lowest BCUT2D eigenvalue weighted by atomic mass is 10.3. The highest BCUT2D eigenvalue weighted by Gasteiger charge is 2.20. The fourth-order valence-corrected chi connectivity index (χ4v) is 3.60. The van der Waals surface area contributed by atoms with Crippen LogP contribution in [0.3, 0.4) is 0 Å². The molecule has 0 radical (unpaired) electrons. The number of carbonyl (C=O) groups excluding carboxylic acids is 1. The van der Waals surface area contributed by atoms with Crippen LogP contribution in [0.5, 0.6) is 0 Å². The zero-order valence-electron chi connectivity index (χ0n) is 11.0. The zero-order chi connectivity index (χ0) is 13.7. The number of hydrogen-bond donors (Lipinski definition) is 3. The summed E-state index contributed by atoms with van der Waals surface area (Å²) < 4.78 is 5.08. The van der Waals surface area contributed by atoms with Crippen molar-refractivity contribution in [2.75, 3.05) is 38.1 Å². The van der Waals surface area contributed by atoms with Gasteiger partial charge in [0.2, 0.25) is 0 Å². The highest BCUT2D eigenvalue weighted by molar-refractivity contribution is 7.99. The molecule has 18 heavy (non-hydrogen) atoms. The number of anilines is 2. The Morgan fingerprint density at radius 2 is 2.28 bits per heavy atom. The number of thioether (sulfide) groups is 1. The Balaban J connectivity index is 3.00. The van der Waals surface area contributed by atoms with Gasteiger partial charge in [0, 0.05) is 20.2 Å². The molecule has 0 spiro atoms. The molecule has 1 amide bonds. The molecule has 0 saturated carbocycles. The second kappa shape index (κ2) is 6.86. The van der Waals surface area contributed by atoms with Crippen LogP contribution in [0.1, 0.15) is 16.6 Å². The van der Waals surface area contributed by atoms with Crippen LogP contribution in [0.2, 0.25) is 0 Å². The van der Waals surface area contributed by atoms with Gasteiger partial charge in [-0.1, -0.05) is 0 Å². The van der Waals surface area contributed by atoms with E-state index in [-0.39, 0.29) is 11.9 Å². The summed E-state index contributed by atoms with van der Waals surface area (Å²) in [4.78, 5) is 13.2. The summed E-state index contributed by atoms with van der Waals surface area (Å²) in [6, 6.07) is 0.163. The lowest BCUT2D eigenvalue weighted by molar-refractivity contribution is 0.0968. The molecule has 0 saturated heterocycles. The molecule has 5 nitrogen and oxygen atoms in total. The first-order valence-electron chi connectivity index (χ1n) is 5.48. The third-order valence-corrected chi connectivity index (χ3v) is 4.43. The molecule has 1 unspecified atom stereocenters. The molecule has 4 N–H and O–H groups in total. The van der Waals surface area contributed by atoms with Gasteiger partial charge in [-0.05, 0) is 13.2 Å². The van der Waals surface area contributed by atoms with Gasteiger partial charge < -0.3 is 21.1 Å². The van der Waals surface area contributed by atoms with Gasteiger partial charge in [0.25, 0.3) is 5.91 Å². The van der Waals surface area contributed by atoms with Gasteiger partial charge in [-0.25, -0.2) is 0 Å². The van der Waals surface area contributed by atoms with Crippen LogP contribution in [0.25, 0.3) is 0 Å². The van der Waals surface area contributed by atoms with E-state index >= 15 is 0 Å². The van der Waals surface area contributed by atoms with Crippen molar-refractivity contribution in [2.24, 2.45) is 0 Å². The number of nitrogen functional groups attached to an aromatic ring is 1. The summed E-state index contributed by atoms with van der Waals surface area (Å²) in [5, 5.41) is 6.83. The Morgan fingerprint density at radius 3 is 2.78 bits per heavy atom. The van der Waals surface area contributed by atoms with Gasteiger partial charge in [-0.2, -0.15) is 0 Å². The highest BCUT2D eigenvalue weighted by atomic mass is 32.2. The van der Waals surface area contributed by atoms with Gasteiger partial charge in [0.15, 0.2) is 0 Å². The standard InChI is InChI=1S/C11H19N3O2S2/c1-6(5-16-3)14-11-9(17-4)7(12)8(18-11)10(15)13-2/h6,14H,5,12H2,1-4H3,(H,13,15). The van der Waals surface area contributed by atoms with Crippen LogP contribution in [0.4, 0.5) is 10.7 Å². The van der Waals surface area contributed by atoms with E-state index in [1.165, 1.54) is 23.1 Å². The van der Waals surface area contributed by atoms with E-state index in [0.717, 1.165) is 9.90 Å². The second-order valence-electron chi connectivity index (χ2n) is 3.79. The first-order chi connectivity index (χ1) is 8.54. The van der Waals surface area contributed by atoms with Gasteiger partial charge in [0.1, 0.15) is 9.88 Å². The molecule has 1 heterocycles. The first-order valence-corrected chi connectivity index (χ1v) is 7.53. The van der Waals surface area contributed by atoms with Crippen LogP contribution >= 0.6 is 23.1 Å². The quantitative estimate of drug-likeness (QED) is 0.697. The maximum absolute atomic E-state index is 11.7. The van der Waals surface area contributed by atoms with Crippen molar-refractivity contribution < 1.29 is 9.53 Å². The Labute approximate surface area is 115 Å². The average Bonchev–Trinajstić information content (AvgIpc) is 2.65. The molecule has 0 aliphatic rings. The number of ether oxygens (including phenoxy) is 1. The van der Waals surface area contributed by atoms with E-state index in [1.807, 2.05) is 13.2 Å². The molecule has 0 fully saturated rings. The Morgan fingerprint density at radius 1 is 1.61 bits per heavy atom. The lowest BCUT2D eigenvalue weighted by Crippen LogP contribution is -2.20. The topological polar surface area (TPSA) is 76.4 Å². The zero-order valence-corrected chi connectivity index (χ0v) is 12.6. The van der Waals surface area contributed by atoms with E-state index in [4.69, 9.17) is 10.5 Å². The first kappa shape index (κ1) is 15.1. The predicted molar refractivity (Wildman–Crippen MR) is 78.9 cm³/mol. The number of nitrogens with one attached hydrogen (secondary N) is 2. The SMILES string of the molecule is CNC(=O)c1sc(NC(C)COC)c(SC)c1N. The van der Waals surface area contributed by atoms with Crippen LogP contribution < -0.4 is 16.4 Å². The molecule has 1 aromatic rings. The molecular weight excluding hydrogens is 270 g/mol. The summed E-state index contributed by atoms with van der Waals surface area (Å²) in [6.07, 6.45) is 1.94. The van der Waals surface area contributed by atoms with Gasteiger partial charge in [0.05, 0.1) is 17.2 Å². The summed E-state index contributed by atoms with van der Waals surface area (Å²) >= 11 is 2.91. The molecule has 7 heteroatoms. The van der Waals surface area contributed by atoms with Crippen molar-refractivity contribution in [2.45, 2.75) is 17.9 Å². The smallest absolute Gasteiger partial charge is 0.263 e. The predicted octanol–water partition coefficient (Wildman–Crippen LogP) is 1.86. The minimum Gasteiger partial charge on any atom is -0.396 e. The van der Waals surface area contributed by atoms with Crippen molar-refractivity contribution in [3.8, 4) is 0 Å². The number of hydrogen-bond acceptors (Lipinski definition) is 6. The third-order valence-electron chi connectivity index (χ3n) is 2.33. The number of thiophene rings is 1. The summed E-state index contributed by atoms with van der Waals surface area (Å²) in [7, 11) is 3.26. The number of methoxy groups -OCH3 is 1. The fraction of sp³-hybridized carbons (Fsp3) is 0.545. The van der Waals surface area contributed by atoms with Crippen LogP contribution in [0, 0.1) is 0 Å². The van der Waals surface area contributed by atoms with Crippen molar-refractivity contribution in [1.29, 1.82) is 0 Å². The van der Waals surface area contributed by atoms with Crippen LogP contribution in [-0.4, -0.2) is 39.0 Å². The molecule has 102 valence electrons. The molecule has 0 aromatic carbocycles. The largest absolute Gasteiger partial charge is 0.396 e. The fourth-order valence-electron chi connectivity index (χ4n) is 1.52. The Hall–Kier alpha value is -0.920. The number of nitrogens with two attached hydrogens (primary N) is 1. The molecule has 0 bridgehead atoms. The van der Waals surface area contributed by atoms with E-state index in [2.05, 4.69) is 10.6 Å². The van der Waals surface area contributed by atoms with Crippen molar-refractivity contribution >= 4 is 39.7 Å². The van der Waals surface area contributed by atoms with Crippen LogP contribution in [0.15, 0.2) is 4.90 Å². The summed E-state index contributed by atoms with van der Waals surface area (Å²) in [6.45, 7) is 2.62. The number of rotatable bonds is 6. The minimum absolute atomic E-state index is 0.153. The maximum Gasteiger partial charge on any atom is 0.263 e. The highest BCUT2D eigenvalue weighted by Crippen LogP contribution is 2.41. The van der Waals surface area contributed by atoms with Gasteiger partial charge in [-0.3, -0.25) is 4.79 Å². The van der Waals surface area contributed by atoms with Crippen molar-refractivity contribution in [1.82, 2.24) is 5.32 Å². The lowest BCUT2D eigenvalue weighted by Gasteiger charge is -2.13. The van der Waals surface area contributed by atoms with E-state index < -0.39 is 0 Å². The number of carbonyl (C=O) groups is 1. The monoisotopic (exact) mass is 289 g/mol. The summed E-state index contributed by atoms with van der Waals surface area (Å²) in [5.41, 5.74) is 6.54. The van der Waals surface area contributed by atoms with E-state index in [0.29, 0.717) is 17.2 Å². The van der Waals surface area contributed by atoms with E-state index in [1.54, 1.807) is 14.2 Å². The molecule has 1 aromatic heterocycles. The minimum atomic E-state index is -0.153. The second-order valence-corrected chi connectivity index (χ2v) is 5.62. The normalized spacial score (nSPS) is 12.2. The molecule has 1 atom stereocenters. The number of amides is 1. The third kappa shape index (κ3) is 3.30. The summed E-state index contributed by atoms with van der Waals surface area (Å²) in [5.74, 6) is -0.153. The molecule has 0 aliphatic carbocycles. The molecule has 1 rings (SSSR count). The van der Waals surface area contributed by atoms with Crippen LogP contribution in [-0.2, 0) is 4.74 Å². The van der Waals surface area contributed by atoms with Crippen molar-refractivity contribution in [3.63, 3.8) is 0 Å². The van der Waals surface area contributed by atoms with Gasteiger partial charge >= 0.3 is 0 Å². The molecular formula is C11H19N3O2S2. The van der Waals surface area contributed by atoms with E-state index in [9.17, 15) is 4.79 Å². The average molecular weight is 289 g/mol. The maximum atomic E-state index is 11.7.